The van der Waals surface area contributed by atoms with Gasteiger partial charge >= 0.3 is 0 Å². The predicted octanol–water partition coefficient (Wildman–Crippen LogP) is 0.183. The van der Waals surface area contributed by atoms with Gasteiger partial charge in [0.05, 0.1) is 0 Å². The Hall–Kier alpha value is -0.970. The summed E-state index contributed by atoms with van der Waals surface area (Å²) in [5, 5.41) is 0. The Morgan fingerprint density at radius 2 is 2.57 bits per heavy atom. The Labute approximate surface area is 42.5 Å². The minimum absolute atomic E-state index is 0.333. The molecule has 0 aliphatic heterocycles. The molecule has 7 heavy (non-hydrogen) atoms. The third-order valence-electron chi connectivity index (χ3n) is 0.432. The summed E-state index contributed by atoms with van der Waals surface area (Å²) in [6, 6.07) is 0. The third kappa shape index (κ3) is 5.03. The second-order valence-electron chi connectivity index (χ2n) is 0.921. The van der Waals surface area contributed by atoms with Crippen molar-refractivity contribution < 1.29 is 9.53 Å². The van der Waals surface area contributed by atoms with Crippen LogP contribution < -0.4 is 0 Å². The molecule has 0 aromatic rings. The van der Waals surface area contributed by atoms with E-state index in [2.05, 4.69) is 10.7 Å². The first-order chi connectivity index (χ1) is 3.41. The Morgan fingerprint density at radius 1 is 1.86 bits per heavy atom. The summed E-state index contributed by atoms with van der Waals surface area (Å²) in [5.74, 6) is 2.32. The van der Waals surface area contributed by atoms with Gasteiger partial charge in [-0.3, -0.25) is 4.79 Å². The molecule has 0 amide bonds. The second-order valence-corrected chi connectivity index (χ2v) is 0.921. The molecule has 0 aliphatic carbocycles. The van der Waals surface area contributed by atoms with Gasteiger partial charge in [-0.2, -0.15) is 0 Å². The zero-order chi connectivity index (χ0) is 5.54. The average molecular weight is 98.1 g/mol. The number of hydrogen-bond donors (Lipinski definition) is 0. The Morgan fingerprint density at radius 3 is 3.00 bits per heavy atom. The van der Waals surface area contributed by atoms with Gasteiger partial charge in [0.15, 0.2) is 0 Å². The standard InChI is InChI=1S/C5H6O2/c1-2-3-4-7-5-6/h1,5H,3-4H2. The van der Waals surface area contributed by atoms with Gasteiger partial charge in [0.1, 0.15) is 6.61 Å². The molecule has 0 N–H and O–H groups in total. The van der Waals surface area contributed by atoms with Gasteiger partial charge in [-0.1, -0.05) is 0 Å². The van der Waals surface area contributed by atoms with Crippen LogP contribution in [0.3, 0.4) is 0 Å². The summed E-state index contributed by atoms with van der Waals surface area (Å²) in [6.45, 7) is 0.720. The van der Waals surface area contributed by atoms with Crippen molar-refractivity contribution in [2.24, 2.45) is 0 Å². The van der Waals surface area contributed by atoms with Crippen molar-refractivity contribution in [3.8, 4) is 12.3 Å². The lowest BCUT2D eigenvalue weighted by molar-refractivity contribution is -0.128. The minimum Gasteiger partial charge on any atom is -0.467 e. The summed E-state index contributed by atoms with van der Waals surface area (Å²) in [5.41, 5.74) is 0. The molecule has 0 radical (unpaired) electrons. The van der Waals surface area contributed by atoms with E-state index in [1.807, 2.05) is 0 Å². The zero-order valence-electron chi connectivity index (χ0n) is 3.89. The van der Waals surface area contributed by atoms with Crippen LogP contribution in [0, 0.1) is 12.3 Å². The van der Waals surface area contributed by atoms with Gasteiger partial charge in [-0.25, -0.2) is 0 Å². The van der Waals surface area contributed by atoms with E-state index >= 15 is 0 Å². The molecule has 2 nitrogen and oxygen atoms in total. The van der Waals surface area contributed by atoms with E-state index in [0.29, 0.717) is 19.5 Å². The van der Waals surface area contributed by atoms with E-state index in [-0.39, 0.29) is 0 Å². The van der Waals surface area contributed by atoms with Crippen LogP contribution in [0.15, 0.2) is 0 Å². The van der Waals surface area contributed by atoms with E-state index in [0.717, 1.165) is 0 Å². The van der Waals surface area contributed by atoms with E-state index in [4.69, 9.17) is 6.42 Å². The van der Waals surface area contributed by atoms with Crippen LogP contribution in [0.25, 0.3) is 0 Å². The molecule has 0 aliphatic rings. The number of terminal acetylenes is 1. The lowest BCUT2D eigenvalue weighted by atomic mass is 10.5. The van der Waals surface area contributed by atoms with Crippen molar-refractivity contribution in [2.45, 2.75) is 6.42 Å². The normalized spacial score (nSPS) is 6.71. The second kappa shape index (κ2) is 5.03. The fraction of sp³-hybridized carbons (Fsp3) is 0.400. The summed E-state index contributed by atoms with van der Waals surface area (Å²) in [6.07, 6.45) is 5.32. The van der Waals surface area contributed by atoms with Crippen molar-refractivity contribution in [3.05, 3.63) is 0 Å². The number of hydrogen-bond acceptors (Lipinski definition) is 2. The Bertz CT molecular complexity index is 80.6. The van der Waals surface area contributed by atoms with Crippen LogP contribution in [0.4, 0.5) is 0 Å². The first-order valence-electron chi connectivity index (χ1n) is 1.90. The number of carbonyl (C=O) groups excluding carboxylic acids is 1. The maximum Gasteiger partial charge on any atom is 0.293 e. The molecular formula is C5H6O2. The van der Waals surface area contributed by atoms with Gasteiger partial charge in [-0.15, -0.1) is 12.3 Å². The highest BCUT2D eigenvalue weighted by Gasteiger charge is 1.74. The smallest absolute Gasteiger partial charge is 0.293 e. The van der Waals surface area contributed by atoms with Gasteiger partial charge < -0.3 is 4.74 Å². The Balaban J connectivity index is 2.72. The first kappa shape index (κ1) is 6.03. The van der Waals surface area contributed by atoms with E-state index in [9.17, 15) is 4.79 Å². The molecule has 0 spiro atoms. The molecule has 0 aromatic carbocycles. The maximum atomic E-state index is 9.39. The topological polar surface area (TPSA) is 26.3 Å². The highest BCUT2D eigenvalue weighted by atomic mass is 16.5. The van der Waals surface area contributed by atoms with Crippen molar-refractivity contribution >= 4 is 6.47 Å². The molecule has 0 saturated heterocycles. The number of carbonyl (C=O) groups is 1. The Kier molecular flexibility index (Phi) is 4.33. The molecule has 0 fully saturated rings. The first-order valence-corrected chi connectivity index (χ1v) is 1.90. The molecule has 0 saturated carbocycles. The van der Waals surface area contributed by atoms with Crippen LogP contribution in [0.1, 0.15) is 6.42 Å². The van der Waals surface area contributed by atoms with Crippen LogP contribution >= 0.6 is 0 Å². The molecule has 0 unspecified atom stereocenters. The van der Waals surface area contributed by atoms with Crippen LogP contribution in [-0.2, 0) is 9.53 Å². The SMILES string of the molecule is C#CCCOC=O. The summed E-state index contributed by atoms with van der Waals surface area (Å²) in [7, 11) is 0. The number of ether oxygens (including phenoxy) is 1. The van der Waals surface area contributed by atoms with Gasteiger partial charge in [0.2, 0.25) is 0 Å². The highest BCUT2D eigenvalue weighted by molar-refractivity contribution is 5.36. The van der Waals surface area contributed by atoms with Crippen molar-refractivity contribution in [2.75, 3.05) is 6.61 Å². The molecular weight excluding hydrogens is 92.1 g/mol. The summed E-state index contributed by atoms with van der Waals surface area (Å²) >= 11 is 0. The quantitative estimate of drug-likeness (QED) is 0.286. The van der Waals surface area contributed by atoms with E-state index in [1.165, 1.54) is 0 Å². The summed E-state index contributed by atoms with van der Waals surface area (Å²) in [4.78, 5) is 9.39. The largest absolute Gasteiger partial charge is 0.467 e. The molecule has 0 bridgehead atoms. The van der Waals surface area contributed by atoms with Gasteiger partial charge in [0.25, 0.3) is 6.47 Å². The average Bonchev–Trinajstić information content (AvgIpc) is 1.69. The summed E-state index contributed by atoms with van der Waals surface area (Å²) < 4.78 is 4.25. The zero-order valence-corrected chi connectivity index (χ0v) is 3.89. The molecule has 0 aromatic heterocycles. The monoisotopic (exact) mass is 98.0 g/mol. The molecule has 2 heteroatoms. The third-order valence-corrected chi connectivity index (χ3v) is 0.432. The highest BCUT2D eigenvalue weighted by Crippen LogP contribution is 1.72. The van der Waals surface area contributed by atoms with Crippen molar-refractivity contribution in [1.29, 1.82) is 0 Å². The van der Waals surface area contributed by atoms with Gasteiger partial charge in [0, 0.05) is 6.42 Å². The minimum atomic E-state index is 0.333. The lowest BCUT2D eigenvalue weighted by Crippen LogP contribution is -1.87. The van der Waals surface area contributed by atoms with Crippen LogP contribution in [0.2, 0.25) is 0 Å². The predicted molar refractivity (Wildman–Crippen MR) is 25.5 cm³/mol. The van der Waals surface area contributed by atoms with Crippen LogP contribution in [-0.4, -0.2) is 13.1 Å². The van der Waals surface area contributed by atoms with Crippen molar-refractivity contribution in [3.63, 3.8) is 0 Å². The molecule has 0 atom stereocenters. The fourth-order valence-electron chi connectivity index (χ4n) is 0.166. The fourth-order valence-corrected chi connectivity index (χ4v) is 0.166. The number of rotatable bonds is 3. The molecule has 0 rings (SSSR count). The van der Waals surface area contributed by atoms with Gasteiger partial charge in [-0.05, 0) is 0 Å². The lowest BCUT2D eigenvalue weighted by Gasteiger charge is -1.86. The molecule has 38 valence electrons. The van der Waals surface area contributed by atoms with E-state index < -0.39 is 0 Å². The van der Waals surface area contributed by atoms with Crippen molar-refractivity contribution in [1.82, 2.24) is 0 Å². The van der Waals surface area contributed by atoms with Crippen LogP contribution in [0.5, 0.6) is 0 Å². The molecule has 0 heterocycles. The maximum absolute atomic E-state index is 9.39. The van der Waals surface area contributed by atoms with E-state index in [1.54, 1.807) is 0 Å².